The van der Waals surface area contributed by atoms with Crippen LogP contribution in [0.25, 0.3) is 0 Å². The first-order valence-corrected chi connectivity index (χ1v) is 6.93. The highest BCUT2D eigenvalue weighted by molar-refractivity contribution is 7.10. The maximum absolute atomic E-state index is 12.8. The zero-order valence-electron chi connectivity index (χ0n) is 10.1. The Morgan fingerprint density at radius 2 is 2.06 bits per heavy atom. The summed E-state index contributed by atoms with van der Waals surface area (Å²) in [6.45, 7) is 7.90. The Balaban J connectivity index is 1.81. The van der Waals surface area contributed by atoms with Gasteiger partial charge in [0.15, 0.2) is 5.13 Å². The minimum Gasteiger partial charge on any atom is -0.298 e. The van der Waals surface area contributed by atoms with Gasteiger partial charge in [-0.1, -0.05) is 13.8 Å². The van der Waals surface area contributed by atoms with Crippen LogP contribution in [-0.2, 0) is 6.54 Å². The first kappa shape index (κ1) is 12.1. The highest BCUT2D eigenvalue weighted by atomic mass is 32.1. The molecule has 0 aliphatic carbocycles. The van der Waals surface area contributed by atoms with Gasteiger partial charge in [0.2, 0.25) is 0 Å². The van der Waals surface area contributed by atoms with Crippen molar-refractivity contribution in [2.45, 2.75) is 33.2 Å². The Labute approximate surface area is 101 Å². The van der Waals surface area contributed by atoms with Gasteiger partial charge in [-0.2, -0.15) is 4.39 Å². The fourth-order valence-electron chi connectivity index (χ4n) is 2.43. The molecule has 1 aromatic heterocycles. The van der Waals surface area contributed by atoms with E-state index in [1.165, 1.54) is 37.3 Å². The van der Waals surface area contributed by atoms with Crippen molar-refractivity contribution < 1.29 is 4.39 Å². The van der Waals surface area contributed by atoms with Gasteiger partial charge in [-0.15, -0.1) is 11.3 Å². The van der Waals surface area contributed by atoms with Gasteiger partial charge in [-0.05, 0) is 49.9 Å². The molecule has 16 heavy (non-hydrogen) atoms. The highest BCUT2D eigenvalue weighted by Gasteiger charge is 2.21. The molecular weight excluding hydrogens is 221 g/mol. The van der Waals surface area contributed by atoms with Crippen LogP contribution in [0.1, 0.15) is 31.6 Å². The SMILES string of the molecule is CC(C)C1CCN(Cc2ccc(F)s2)CC1. The summed E-state index contributed by atoms with van der Waals surface area (Å²) < 4.78 is 12.8. The van der Waals surface area contributed by atoms with Crippen LogP contribution in [0.15, 0.2) is 12.1 Å². The van der Waals surface area contributed by atoms with Crippen LogP contribution in [0.5, 0.6) is 0 Å². The molecule has 0 saturated carbocycles. The molecular formula is C13H20FNS. The van der Waals surface area contributed by atoms with Gasteiger partial charge in [0.1, 0.15) is 0 Å². The van der Waals surface area contributed by atoms with Crippen molar-refractivity contribution in [1.29, 1.82) is 0 Å². The fraction of sp³-hybridized carbons (Fsp3) is 0.692. The van der Waals surface area contributed by atoms with Crippen LogP contribution in [0.3, 0.4) is 0 Å². The van der Waals surface area contributed by atoms with Gasteiger partial charge in [0.05, 0.1) is 0 Å². The lowest BCUT2D eigenvalue weighted by Crippen LogP contribution is -2.34. The zero-order chi connectivity index (χ0) is 11.5. The smallest absolute Gasteiger partial charge is 0.176 e. The maximum Gasteiger partial charge on any atom is 0.176 e. The predicted octanol–water partition coefficient (Wildman–Crippen LogP) is 3.76. The molecule has 0 aromatic carbocycles. The van der Waals surface area contributed by atoms with Crippen LogP contribution in [0.4, 0.5) is 4.39 Å². The van der Waals surface area contributed by atoms with E-state index in [0.29, 0.717) is 0 Å². The lowest BCUT2D eigenvalue weighted by molar-refractivity contribution is 0.153. The van der Waals surface area contributed by atoms with E-state index in [9.17, 15) is 4.39 Å². The number of nitrogens with zero attached hydrogens (tertiary/aromatic N) is 1. The number of thiophene rings is 1. The molecule has 0 bridgehead atoms. The van der Waals surface area contributed by atoms with Crippen molar-refractivity contribution in [3.63, 3.8) is 0 Å². The minimum absolute atomic E-state index is 0.0629. The van der Waals surface area contributed by atoms with Crippen molar-refractivity contribution in [3.8, 4) is 0 Å². The molecule has 1 aliphatic heterocycles. The second-order valence-electron chi connectivity index (χ2n) is 5.06. The highest BCUT2D eigenvalue weighted by Crippen LogP contribution is 2.26. The van der Waals surface area contributed by atoms with E-state index in [1.807, 2.05) is 6.07 Å². The molecule has 90 valence electrons. The second-order valence-corrected chi connectivity index (χ2v) is 6.18. The number of halogens is 1. The monoisotopic (exact) mass is 241 g/mol. The van der Waals surface area contributed by atoms with Crippen LogP contribution in [0, 0.1) is 17.0 Å². The number of rotatable bonds is 3. The fourth-order valence-corrected chi connectivity index (χ4v) is 3.20. The number of hydrogen-bond donors (Lipinski definition) is 0. The number of likely N-dealkylation sites (tertiary alicyclic amines) is 1. The van der Waals surface area contributed by atoms with Gasteiger partial charge >= 0.3 is 0 Å². The van der Waals surface area contributed by atoms with E-state index < -0.39 is 0 Å². The van der Waals surface area contributed by atoms with E-state index in [0.717, 1.165) is 23.3 Å². The molecule has 0 spiro atoms. The number of hydrogen-bond acceptors (Lipinski definition) is 2. The Kier molecular flexibility index (Phi) is 3.98. The van der Waals surface area contributed by atoms with Crippen molar-refractivity contribution >= 4 is 11.3 Å². The molecule has 0 radical (unpaired) electrons. The Hall–Kier alpha value is -0.410. The zero-order valence-corrected chi connectivity index (χ0v) is 10.9. The summed E-state index contributed by atoms with van der Waals surface area (Å²) in [5, 5.41) is -0.0629. The standard InChI is InChI=1S/C13H20FNS/c1-10(2)11-5-7-15(8-6-11)9-12-3-4-13(14)16-12/h3-4,10-11H,5-9H2,1-2H3. The molecule has 2 heterocycles. The normalized spacial score (nSPS) is 19.5. The van der Waals surface area contributed by atoms with Gasteiger partial charge in [-0.25, -0.2) is 0 Å². The van der Waals surface area contributed by atoms with E-state index in [-0.39, 0.29) is 5.13 Å². The molecule has 2 rings (SSSR count). The average molecular weight is 241 g/mol. The van der Waals surface area contributed by atoms with Crippen LogP contribution in [0.2, 0.25) is 0 Å². The molecule has 0 unspecified atom stereocenters. The van der Waals surface area contributed by atoms with Crippen molar-refractivity contribution in [1.82, 2.24) is 4.90 Å². The van der Waals surface area contributed by atoms with E-state index in [4.69, 9.17) is 0 Å². The van der Waals surface area contributed by atoms with Crippen molar-refractivity contribution in [2.24, 2.45) is 11.8 Å². The van der Waals surface area contributed by atoms with Gasteiger partial charge < -0.3 is 0 Å². The topological polar surface area (TPSA) is 3.24 Å². The first-order valence-electron chi connectivity index (χ1n) is 6.11. The van der Waals surface area contributed by atoms with Crippen LogP contribution >= 0.6 is 11.3 Å². The molecule has 0 amide bonds. The predicted molar refractivity (Wildman–Crippen MR) is 67.1 cm³/mol. The second kappa shape index (κ2) is 5.28. The Bertz CT molecular complexity index is 326. The molecule has 1 saturated heterocycles. The maximum atomic E-state index is 12.8. The van der Waals surface area contributed by atoms with E-state index in [1.54, 1.807) is 6.07 Å². The lowest BCUT2D eigenvalue weighted by atomic mass is 9.87. The lowest BCUT2D eigenvalue weighted by Gasteiger charge is -2.33. The summed E-state index contributed by atoms with van der Waals surface area (Å²) in [6.07, 6.45) is 2.59. The minimum atomic E-state index is -0.0629. The average Bonchev–Trinajstić information content (AvgIpc) is 2.65. The molecule has 0 atom stereocenters. The van der Waals surface area contributed by atoms with Gasteiger partial charge in [0.25, 0.3) is 0 Å². The summed E-state index contributed by atoms with van der Waals surface area (Å²) in [5.74, 6) is 1.69. The van der Waals surface area contributed by atoms with Crippen molar-refractivity contribution in [3.05, 3.63) is 22.1 Å². The quantitative estimate of drug-likeness (QED) is 0.779. The Morgan fingerprint density at radius 1 is 1.38 bits per heavy atom. The summed E-state index contributed by atoms with van der Waals surface area (Å²) in [5.41, 5.74) is 0. The first-order chi connectivity index (χ1) is 7.65. The van der Waals surface area contributed by atoms with E-state index >= 15 is 0 Å². The molecule has 1 aromatic rings. The summed E-state index contributed by atoms with van der Waals surface area (Å²) in [6, 6.07) is 3.48. The van der Waals surface area contributed by atoms with Gasteiger partial charge in [-0.3, -0.25) is 4.90 Å². The third kappa shape index (κ3) is 3.05. The van der Waals surface area contributed by atoms with Crippen LogP contribution in [-0.4, -0.2) is 18.0 Å². The number of piperidine rings is 1. The molecule has 1 nitrogen and oxygen atoms in total. The third-order valence-corrected chi connectivity index (χ3v) is 4.44. The van der Waals surface area contributed by atoms with Crippen LogP contribution < -0.4 is 0 Å². The van der Waals surface area contributed by atoms with E-state index in [2.05, 4.69) is 18.7 Å². The summed E-state index contributed by atoms with van der Waals surface area (Å²) in [7, 11) is 0. The van der Waals surface area contributed by atoms with Crippen molar-refractivity contribution in [2.75, 3.05) is 13.1 Å². The summed E-state index contributed by atoms with van der Waals surface area (Å²) >= 11 is 1.28. The Morgan fingerprint density at radius 3 is 2.56 bits per heavy atom. The molecule has 1 aliphatic rings. The molecule has 1 fully saturated rings. The molecule has 3 heteroatoms. The third-order valence-electron chi connectivity index (χ3n) is 3.58. The summed E-state index contributed by atoms with van der Waals surface area (Å²) in [4.78, 5) is 3.60. The largest absolute Gasteiger partial charge is 0.298 e. The van der Waals surface area contributed by atoms with Gasteiger partial charge in [0, 0.05) is 11.4 Å². The molecule has 0 N–H and O–H groups in total.